The van der Waals surface area contributed by atoms with Gasteiger partial charge in [0.1, 0.15) is 0 Å². The van der Waals surface area contributed by atoms with E-state index in [-0.39, 0.29) is 0 Å². The minimum atomic E-state index is 0.432. The SMILES string of the molecule is CCN(Cc1cncn1CC)C1CCC(N)CC1. The molecule has 2 rings (SSSR count). The van der Waals surface area contributed by atoms with Gasteiger partial charge in [-0.3, -0.25) is 4.90 Å². The zero-order valence-corrected chi connectivity index (χ0v) is 11.7. The van der Waals surface area contributed by atoms with Crippen LogP contribution in [0.2, 0.25) is 0 Å². The molecule has 0 spiro atoms. The Hall–Kier alpha value is -0.870. The summed E-state index contributed by atoms with van der Waals surface area (Å²) in [5.41, 5.74) is 7.32. The molecule has 18 heavy (non-hydrogen) atoms. The van der Waals surface area contributed by atoms with Crippen LogP contribution in [0.15, 0.2) is 12.5 Å². The van der Waals surface area contributed by atoms with Crippen molar-refractivity contribution >= 4 is 0 Å². The molecule has 1 aromatic heterocycles. The minimum absolute atomic E-state index is 0.432. The summed E-state index contributed by atoms with van der Waals surface area (Å²) in [7, 11) is 0. The lowest BCUT2D eigenvalue weighted by atomic mass is 9.90. The fourth-order valence-corrected chi connectivity index (χ4v) is 2.94. The third-order valence-electron chi connectivity index (χ3n) is 4.17. The van der Waals surface area contributed by atoms with Crippen molar-refractivity contribution in [3.63, 3.8) is 0 Å². The maximum absolute atomic E-state index is 5.99. The molecule has 0 aliphatic heterocycles. The maximum Gasteiger partial charge on any atom is 0.0948 e. The monoisotopic (exact) mass is 250 g/mol. The molecule has 0 aromatic carbocycles. The summed E-state index contributed by atoms with van der Waals surface area (Å²) in [5, 5.41) is 0. The molecule has 1 saturated carbocycles. The highest BCUT2D eigenvalue weighted by atomic mass is 15.2. The van der Waals surface area contributed by atoms with Crippen molar-refractivity contribution in [2.45, 2.75) is 64.7 Å². The van der Waals surface area contributed by atoms with E-state index < -0.39 is 0 Å². The van der Waals surface area contributed by atoms with Gasteiger partial charge in [-0.05, 0) is 39.2 Å². The van der Waals surface area contributed by atoms with Crippen LogP contribution in [0.25, 0.3) is 0 Å². The predicted octanol–water partition coefficient (Wildman–Crippen LogP) is 1.99. The summed E-state index contributed by atoms with van der Waals surface area (Å²) in [4.78, 5) is 6.83. The van der Waals surface area contributed by atoms with Gasteiger partial charge in [0.15, 0.2) is 0 Å². The standard InChI is InChI=1S/C14H26N4/c1-3-17(13-7-5-12(15)6-8-13)10-14-9-16-11-18(14)4-2/h9,11-13H,3-8,10,15H2,1-2H3. The predicted molar refractivity (Wildman–Crippen MR) is 74.2 cm³/mol. The molecule has 1 heterocycles. The highest BCUT2D eigenvalue weighted by molar-refractivity contribution is 4.99. The second kappa shape index (κ2) is 6.34. The molecule has 0 amide bonds. The first kappa shape index (κ1) is 13.6. The molecular weight excluding hydrogens is 224 g/mol. The lowest BCUT2D eigenvalue weighted by molar-refractivity contribution is 0.146. The summed E-state index contributed by atoms with van der Waals surface area (Å²) in [6, 6.07) is 1.14. The van der Waals surface area contributed by atoms with Crippen LogP contribution in [0.3, 0.4) is 0 Å². The zero-order valence-electron chi connectivity index (χ0n) is 11.7. The highest BCUT2D eigenvalue weighted by Crippen LogP contribution is 2.23. The smallest absolute Gasteiger partial charge is 0.0948 e. The van der Waals surface area contributed by atoms with Crippen molar-refractivity contribution in [3.8, 4) is 0 Å². The molecule has 0 atom stereocenters. The van der Waals surface area contributed by atoms with Crippen LogP contribution < -0.4 is 5.73 Å². The number of nitrogens with two attached hydrogens (primary N) is 1. The van der Waals surface area contributed by atoms with Crippen LogP contribution in [0.4, 0.5) is 0 Å². The first-order chi connectivity index (χ1) is 8.74. The fraction of sp³-hybridized carbons (Fsp3) is 0.786. The number of nitrogens with zero attached hydrogens (tertiary/aromatic N) is 3. The van der Waals surface area contributed by atoms with E-state index in [4.69, 9.17) is 5.73 Å². The first-order valence-corrected chi connectivity index (χ1v) is 7.23. The molecule has 0 unspecified atom stereocenters. The van der Waals surface area contributed by atoms with Gasteiger partial charge in [-0.15, -0.1) is 0 Å². The Morgan fingerprint density at radius 3 is 2.67 bits per heavy atom. The van der Waals surface area contributed by atoms with E-state index in [0.29, 0.717) is 12.1 Å². The van der Waals surface area contributed by atoms with E-state index in [1.54, 1.807) is 0 Å². The van der Waals surface area contributed by atoms with Crippen molar-refractivity contribution < 1.29 is 0 Å². The number of aryl methyl sites for hydroxylation is 1. The largest absolute Gasteiger partial charge is 0.334 e. The number of imidazole rings is 1. The molecule has 0 saturated heterocycles. The minimum Gasteiger partial charge on any atom is -0.334 e. The van der Waals surface area contributed by atoms with Gasteiger partial charge < -0.3 is 10.3 Å². The molecule has 1 aromatic rings. The van der Waals surface area contributed by atoms with E-state index in [0.717, 1.165) is 19.6 Å². The lowest BCUT2D eigenvalue weighted by Crippen LogP contribution is -2.40. The zero-order chi connectivity index (χ0) is 13.0. The van der Waals surface area contributed by atoms with Crippen LogP contribution >= 0.6 is 0 Å². The van der Waals surface area contributed by atoms with Gasteiger partial charge in [0.2, 0.25) is 0 Å². The Bertz CT molecular complexity index is 352. The lowest BCUT2D eigenvalue weighted by Gasteiger charge is -2.35. The molecule has 0 bridgehead atoms. The number of hydrogen-bond acceptors (Lipinski definition) is 3. The molecule has 1 aliphatic carbocycles. The fourth-order valence-electron chi connectivity index (χ4n) is 2.94. The van der Waals surface area contributed by atoms with Crippen molar-refractivity contribution in [3.05, 3.63) is 18.2 Å². The van der Waals surface area contributed by atoms with Gasteiger partial charge in [-0.1, -0.05) is 6.92 Å². The summed E-state index contributed by atoms with van der Waals surface area (Å²) in [6.07, 6.45) is 8.77. The van der Waals surface area contributed by atoms with Crippen molar-refractivity contribution in [2.24, 2.45) is 5.73 Å². The molecular formula is C14H26N4. The molecule has 1 aliphatic rings. The van der Waals surface area contributed by atoms with Crippen molar-refractivity contribution in [2.75, 3.05) is 6.54 Å². The molecule has 4 heteroatoms. The summed E-state index contributed by atoms with van der Waals surface area (Å²) in [5.74, 6) is 0. The van der Waals surface area contributed by atoms with Gasteiger partial charge in [0.25, 0.3) is 0 Å². The summed E-state index contributed by atoms with van der Waals surface area (Å²) >= 11 is 0. The van der Waals surface area contributed by atoms with Gasteiger partial charge in [-0.2, -0.15) is 0 Å². The van der Waals surface area contributed by atoms with Gasteiger partial charge in [0.05, 0.1) is 12.0 Å². The Kier molecular flexibility index (Phi) is 4.78. The second-order valence-corrected chi connectivity index (χ2v) is 5.30. The molecule has 1 fully saturated rings. The number of hydrogen-bond donors (Lipinski definition) is 1. The maximum atomic E-state index is 5.99. The Morgan fingerprint density at radius 1 is 1.33 bits per heavy atom. The molecule has 4 nitrogen and oxygen atoms in total. The topological polar surface area (TPSA) is 47.1 Å². The van der Waals surface area contributed by atoms with Gasteiger partial charge in [-0.25, -0.2) is 4.98 Å². The average Bonchev–Trinajstić information content (AvgIpc) is 2.84. The van der Waals surface area contributed by atoms with Crippen LogP contribution in [-0.4, -0.2) is 33.1 Å². The number of aromatic nitrogens is 2. The Morgan fingerprint density at radius 2 is 2.06 bits per heavy atom. The molecule has 102 valence electrons. The van der Waals surface area contributed by atoms with Crippen LogP contribution in [0.5, 0.6) is 0 Å². The number of rotatable bonds is 5. The van der Waals surface area contributed by atoms with Crippen molar-refractivity contribution in [1.82, 2.24) is 14.5 Å². The third kappa shape index (κ3) is 3.12. The quantitative estimate of drug-likeness (QED) is 0.869. The Balaban J connectivity index is 1.97. The van der Waals surface area contributed by atoms with E-state index in [2.05, 4.69) is 28.3 Å². The van der Waals surface area contributed by atoms with Gasteiger partial charge in [0, 0.05) is 31.4 Å². The van der Waals surface area contributed by atoms with Crippen molar-refractivity contribution in [1.29, 1.82) is 0 Å². The summed E-state index contributed by atoms with van der Waals surface area (Å²) in [6.45, 7) is 7.55. The van der Waals surface area contributed by atoms with Crippen LogP contribution in [-0.2, 0) is 13.1 Å². The third-order valence-corrected chi connectivity index (χ3v) is 4.17. The van der Waals surface area contributed by atoms with Gasteiger partial charge >= 0.3 is 0 Å². The normalized spacial score (nSPS) is 24.7. The van der Waals surface area contributed by atoms with E-state index >= 15 is 0 Å². The van der Waals surface area contributed by atoms with E-state index in [9.17, 15) is 0 Å². The van der Waals surface area contributed by atoms with Crippen LogP contribution in [0.1, 0.15) is 45.2 Å². The van der Waals surface area contributed by atoms with Crippen LogP contribution in [0, 0.1) is 0 Å². The highest BCUT2D eigenvalue weighted by Gasteiger charge is 2.23. The van der Waals surface area contributed by atoms with E-state index in [1.165, 1.54) is 31.4 Å². The molecule has 0 radical (unpaired) electrons. The Labute approximate surface area is 110 Å². The average molecular weight is 250 g/mol. The van der Waals surface area contributed by atoms with E-state index in [1.807, 2.05) is 12.5 Å². The second-order valence-electron chi connectivity index (χ2n) is 5.30. The molecule has 2 N–H and O–H groups in total. The summed E-state index contributed by atoms with van der Waals surface area (Å²) < 4.78 is 2.23. The first-order valence-electron chi connectivity index (χ1n) is 7.23.